The molecule has 2 aromatic rings. The molecule has 3 atom stereocenters. The fourth-order valence-corrected chi connectivity index (χ4v) is 4.40. The van der Waals surface area contributed by atoms with Crippen LogP contribution < -0.4 is 10.6 Å². The van der Waals surface area contributed by atoms with Gasteiger partial charge in [-0.25, -0.2) is 4.39 Å². The molecule has 2 aliphatic rings. The lowest BCUT2D eigenvalue weighted by molar-refractivity contribution is -0.144. The summed E-state index contributed by atoms with van der Waals surface area (Å²) in [6.07, 6.45) is 1.42. The van der Waals surface area contributed by atoms with Crippen LogP contribution in [0.3, 0.4) is 0 Å². The molecule has 4 rings (SSSR count). The van der Waals surface area contributed by atoms with Crippen LogP contribution in [0.5, 0.6) is 0 Å². The van der Waals surface area contributed by atoms with Gasteiger partial charge in [0.1, 0.15) is 11.9 Å². The molecule has 0 spiro atoms. The van der Waals surface area contributed by atoms with Crippen LogP contribution in [0.15, 0.2) is 48.5 Å². The highest BCUT2D eigenvalue weighted by atomic mass is 19.1. The number of hydrogen-bond donors (Lipinski definition) is 3. The number of hydrogen-bond acceptors (Lipinski definition) is 6. The van der Waals surface area contributed by atoms with E-state index >= 15 is 0 Å². The molecule has 8 heteroatoms. The number of halogens is 1. The first-order valence-electron chi connectivity index (χ1n) is 10.8. The van der Waals surface area contributed by atoms with Crippen LogP contribution >= 0.6 is 0 Å². The van der Waals surface area contributed by atoms with Crippen molar-refractivity contribution in [1.29, 1.82) is 0 Å². The summed E-state index contributed by atoms with van der Waals surface area (Å²) in [5.41, 5.74) is 3.37. The Morgan fingerprint density at radius 2 is 2.00 bits per heavy atom. The zero-order chi connectivity index (χ0) is 23.8. The molecule has 33 heavy (non-hydrogen) atoms. The minimum Gasteiger partial charge on any atom is -0.468 e. The zero-order valence-electron chi connectivity index (χ0n) is 18.7. The van der Waals surface area contributed by atoms with E-state index in [2.05, 4.69) is 15.4 Å². The van der Waals surface area contributed by atoms with Gasteiger partial charge >= 0.3 is 5.97 Å². The van der Waals surface area contributed by atoms with Crippen molar-refractivity contribution in [3.05, 3.63) is 71.0 Å². The highest BCUT2D eigenvalue weighted by Gasteiger charge is 2.44. The Labute approximate surface area is 191 Å². The number of benzene rings is 2. The molecule has 0 aromatic heterocycles. The molecule has 0 saturated carbocycles. The largest absolute Gasteiger partial charge is 0.468 e. The third-order valence-electron chi connectivity index (χ3n) is 6.11. The molecule has 1 amide bonds. The van der Waals surface area contributed by atoms with Gasteiger partial charge in [0.25, 0.3) is 0 Å². The van der Waals surface area contributed by atoms with E-state index in [1.165, 1.54) is 19.2 Å². The molecule has 0 saturated heterocycles. The summed E-state index contributed by atoms with van der Waals surface area (Å²) >= 11 is 0. The molecule has 174 valence electrons. The molecule has 0 aliphatic carbocycles. The first-order chi connectivity index (χ1) is 15.7. The van der Waals surface area contributed by atoms with Crippen molar-refractivity contribution in [3.63, 3.8) is 0 Å². The molecule has 2 aliphatic heterocycles. The van der Waals surface area contributed by atoms with Gasteiger partial charge in [-0.15, -0.1) is 0 Å². The molecule has 0 fully saturated rings. The van der Waals surface area contributed by atoms with Gasteiger partial charge in [0, 0.05) is 12.2 Å². The minimum atomic E-state index is -0.786. The van der Waals surface area contributed by atoms with Crippen molar-refractivity contribution in [3.8, 4) is 0 Å². The van der Waals surface area contributed by atoms with Crippen molar-refractivity contribution in [2.75, 3.05) is 19.0 Å². The van der Waals surface area contributed by atoms with Gasteiger partial charge in [-0.3, -0.25) is 14.9 Å². The van der Waals surface area contributed by atoms with Gasteiger partial charge in [0.15, 0.2) is 0 Å². The topological polar surface area (TPSA) is 96.9 Å². The van der Waals surface area contributed by atoms with Crippen LogP contribution in [-0.2, 0) is 25.6 Å². The Morgan fingerprint density at radius 1 is 1.27 bits per heavy atom. The standard InChI is InChI=1S/C25H27FN2O5/c1-25(2)18(15-6-4-14(5-7-15)12-27-20(13-29)24(31)32-3)11-21(33-25)22-17-10-16(26)8-9-19(17)28-23(22)30/h4-11,20-22,27,29H,12-13H2,1-3H3,(H,28,30)/t20-,21?,22?/m0/s1. The molecule has 7 nitrogen and oxygen atoms in total. The monoisotopic (exact) mass is 454 g/mol. The molecule has 2 aromatic carbocycles. The Balaban J connectivity index is 1.53. The van der Waals surface area contributed by atoms with E-state index in [0.29, 0.717) is 17.8 Å². The Morgan fingerprint density at radius 3 is 2.67 bits per heavy atom. The Bertz CT molecular complexity index is 1100. The number of methoxy groups -OCH3 is 1. The average Bonchev–Trinajstić information content (AvgIpc) is 3.28. The molecular formula is C25H27FN2O5. The fourth-order valence-electron chi connectivity index (χ4n) is 4.40. The fraction of sp³-hybridized carbons (Fsp3) is 0.360. The number of anilines is 1. The summed E-state index contributed by atoms with van der Waals surface area (Å²) in [6.45, 7) is 3.91. The third-order valence-corrected chi connectivity index (χ3v) is 6.11. The average molecular weight is 454 g/mol. The first-order valence-corrected chi connectivity index (χ1v) is 10.8. The van der Waals surface area contributed by atoms with Crippen molar-refractivity contribution in [2.45, 2.75) is 44.1 Å². The highest BCUT2D eigenvalue weighted by molar-refractivity contribution is 6.03. The van der Waals surface area contributed by atoms with Crippen LogP contribution in [0, 0.1) is 5.82 Å². The maximum absolute atomic E-state index is 13.8. The second-order valence-corrected chi connectivity index (χ2v) is 8.71. The number of carbonyl (C=O) groups excluding carboxylic acids is 2. The number of esters is 1. The predicted octanol–water partition coefficient (Wildman–Crippen LogP) is 2.75. The SMILES string of the molecule is COC(=O)[C@H](CO)NCc1ccc(C2=CC(C3C(=O)Nc4ccc(F)cc43)OC2(C)C)cc1. The number of fused-ring (bicyclic) bond motifs is 1. The van der Waals surface area contributed by atoms with Gasteiger partial charge in [-0.2, -0.15) is 0 Å². The van der Waals surface area contributed by atoms with E-state index < -0.39 is 35.5 Å². The lowest BCUT2D eigenvalue weighted by Gasteiger charge is -2.26. The first kappa shape index (κ1) is 23.1. The number of aliphatic hydroxyl groups excluding tert-OH is 1. The Kier molecular flexibility index (Phi) is 6.34. The molecule has 2 unspecified atom stereocenters. The van der Waals surface area contributed by atoms with Gasteiger partial charge in [-0.05, 0) is 60.4 Å². The van der Waals surface area contributed by atoms with Crippen LogP contribution in [-0.4, -0.2) is 48.4 Å². The number of carbonyl (C=O) groups is 2. The van der Waals surface area contributed by atoms with Crippen LogP contribution in [0.4, 0.5) is 10.1 Å². The lowest BCUT2D eigenvalue weighted by atomic mass is 9.90. The smallest absolute Gasteiger partial charge is 0.325 e. The van der Waals surface area contributed by atoms with E-state index in [0.717, 1.165) is 16.7 Å². The number of amides is 1. The van der Waals surface area contributed by atoms with Crippen LogP contribution in [0.1, 0.15) is 36.5 Å². The van der Waals surface area contributed by atoms with E-state index in [1.807, 2.05) is 44.2 Å². The van der Waals surface area contributed by atoms with E-state index in [9.17, 15) is 19.1 Å². The third kappa shape index (κ3) is 4.55. The maximum Gasteiger partial charge on any atom is 0.325 e. The highest BCUT2D eigenvalue weighted by Crippen LogP contribution is 2.45. The molecule has 2 heterocycles. The molecule has 0 bridgehead atoms. The number of ether oxygens (including phenoxy) is 2. The van der Waals surface area contributed by atoms with Crippen molar-refractivity contribution < 1.29 is 28.6 Å². The van der Waals surface area contributed by atoms with E-state index in [1.54, 1.807) is 6.07 Å². The van der Waals surface area contributed by atoms with Crippen LogP contribution in [0.2, 0.25) is 0 Å². The lowest BCUT2D eigenvalue weighted by Crippen LogP contribution is -2.40. The normalized spacial score (nSPS) is 21.8. The minimum absolute atomic E-state index is 0.209. The van der Waals surface area contributed by atoms with Gasteiger partial charge in [-0.1, -0.05) is 24.3 Å². The van der Waals surface area contributed by atoms with Gasteiger partial charge in [0.05, 0.1) is 31.3 Å². The van der Waals surface area contributed by atoms with Gasteiger partial charge < -0.3 is 19.9 Å². The molecule has 3 N–H and O–H groups in total. The van der Waals surface area contributed by atoms with E-state index in [-0.39, 0.29) is 12.5 Å². The van der Waals surface area contributed by atoms with Crippen molar-refractivity contribution >= 4 is 23.1 Å². The second kappa shape index (κ2) is 9.05. The molecule has 0 radical (unpaired) electrons. The summed E-state index contributed by atoms with van der Waals surface area (Å²) < 4.78 is 24.8. The van der Waals surface area contributed by atoms with E-state index in [4.69, 9.17) is 4.74 Å². The predicted molar refractivity (Wildman–Crippen MR) is 121 cm³/mol. The number of rotatable bonds is 7. The maximum atomic E-state index is 13.8. The van der Waals surface area contributed by atoms with Crippen molar-refractivity contribution in [2.24, 2.45) is 0 Å². The number of nitrogens with one attached hydrogen (secondary N) is 2. The zero-order valence-corrected chi connectivity index (χ0v) is 18.7. The summed E-state index contributed by atoms with van der Waals surface area (Å²) in [6, 6.07) is 11.2. The Hall–Kier alpha value is -3.07. The van der Waals surface area contributed by atoms with Gasteiger partial charge in [0.2, 0.25) is 5.91 Å². The number of aliphatic hydroxyl groups is 1. The quantitative estimate of drug-likeness (QED) is 0.557. The summed E-state index contributed by atoms with van der Waals surface area (Å²) in [5, 5.41) is 15.1. The summed E-state index contributed by atoms with van der Waals surface area (Å²) in [7, 11) is 1.28. The molecular weight excluding hydrogens is 427 g/mol. The summed E-state index contributed by atoms with van der Waals surface area (Å²) in [4.78, 5) is 24.3. The second-order valence-electron chi connectivity index (χ2n) is 8.71. The summed E-state index contributed by atoms with van der Waals surface area (Å²) in [5.74, 6) is -1.74. The van der Waals surface area contributed by atoms with Crippen molar-refractivity contribution in [1.82, 2.24) is 5.32 Å². The van der Waals surface area contributed by atoms with Crippen LogP contribution in [0.25, 0.3) is 5.57 Å².